The number of fused-ring (bicyclic) bond motifs is 2. The van der Waals surface area contributed by atoms with Crippen LogP contribution in [0.5, 0.6) is 5.75 Å². The van der Waals surface area contributed by atoms with Gasteiger partial charge in [0, 0.05) is 23.0 Å². The summed E-state index contributed by atoms with van der Waals surface area (Å²) >= 11 is 0. The van der Waals surface area contributed by atoms with Crippen LogP contribution in [-0.4, -0.2) is 25.0 Å². The number of amides is 2. The van der Waals surface area contributed by atoms with E-state index >= 15 is 0 Å². The molecule has 2 aromatic carbocycles. The molecule has 29 heavy (non-hydrogen) atoms. The Morgan fingerprint density at radius 1 is 1.21 bits per heavy atom. The minimum Gasteiger partial charge on any atom is -0.497 e. The molecule has 3 unspecified atom stereocenters. The number of nitrogens with one attached hydrogen (secondary N) is 3. The highest BCUT2D eigenvalue weighted by atomic mass is 16.5. The Morgan fingerprint density at radius 3 is 2.59 bits per heavy atom. The second-order valence-corrected chi connectivity index (χ2v) is 8.31. The van der Waals surface area contributed by atoms with Crippen molar-refractivity contribution in [2.24, 2.45) is 11.8 Å². The highest BCUT2D eigenvalue weighted by Gasteiger charge is 2.60. The predicted octanol–water partition coefficient (Wildman–Crippen LogP) is 3.42. The molecular formula is C23H27N3O3. The molecule has 1 fully saturated rings. The molecule has 0 radical (unpaired) electrons. The van der Waals surface area contributed by atoms with Crippen molar-refractivity contribution in [2.75, 3.05) is 17.7 Å². The number of ether oxygens (including phenoxy) is 1. The summed E-state index contributed by atoms with van der Waals surface area (Å²) < 4.78 is 5.18. The molecule has 6 nitrogen and oxygen atoms in total. The quantitative estimate of drug-likeness (QED) is 0.744. The number of hydrogen-bond donors (Lipinski definition) is 3. The van der Waals surface area contributed by atoms with E-state index < -0.39 is 11.5 Å². The first kappa shape index (κ1) is 19.5. The van der Waals surface area contributed by atoms with Crippen LogP contribution >= 0.6 is 0 Å². The van der Waals surface area contributed by atoms with Crippen LogP contribution in [0.1, 0.15) is 31.4 Å². The normalized spacial score (nSPS) is 25.2. The lowest BCUT2D eigenvalue weighted by Gasteiger charge is -2.30. The van der Waals surface area contributed by atoms with Gasteiger partial charge in [-0.05, 0) is 49.6 Å². The maximum atomic E-state index is 13.4. The molecule has 2 aliphatic rings. The molecule has 0 aliphatic carbocycles. The van der Waals surface area contributed by atoms with Gasteiger partial charge in [-0.25, -0.2) is 0 Å². The number of anilines is 2. The minimum absolute atomic E-state index is 0.0684. The summed E-state index contributed by atoms with van der Waals surface area (Å²) in [6.07, 6.45) is 0.598. The van der Waals surface area contributed by atoms with E-state index in [1.54, 1.807) is 31.4 Å². The fraction of sp³-hybridized carbons (Fsp3) is 0.391. The van der Waals surface area contributed by atoms with Crippen LogP contribution in [0.25, 0.3) is 0 Å². The number of carbonyl (C=O) groups excluding carboxylic acids is 2. The van der Waals surface area contributed by atoms with Crippen molar-refractivity contribution in [3.8, 4) is 5.75 Å². The number of methoxy groups -OCH3 is 1. The lowest BCUT2D eigenvalue weighted by molar-refractivity contribution is -0.130. The van der Waals surface area contributed by atoms with E-state index in [2.05, 4.69) is 29.8 Å². The lowest BCUT2D eigenvalue weighted by Crippen LogP contribution is -2.52. The SMILES string of the molecule is COc1ccc(NC(=O)C2CC(C(C)C)NC23C(=O)Nc2ccc(C)cc23)cc1. The predicted molar refractivity (Wildman–Crippen MR) is 113 cm³/mol. The number of hydrogen-bond acceptors (Lipinski definition) is 4. The summed E-state index contributed by atoms with van der Waals surface area (Å²) in [5.41, 5.74) is 2.33. The van der Waals surface area contributed by atoms with E-state index in [-0.39, 0.29) is 17.9 Å². The van der Waals surface area contributed by atoms with Crippen LogP contribution in [0.2, 0.25) is 0 Å². The van der Waals surface area contributed by atoms with Crippen molar-refractivity contribution in [1.82, 2.24) is 5.32 Å². The minimum atomic E-state index is -1.05. The van der Waals surface area contributed by atoms with Crippen molar-refractivity contribution >= 4 is 23.2 Å². The Balaban J connectivity index is 1.71. The van der Waals surface area contributed by atoms with Gasteiger partial charge in [-0.15, -0.1) is 0 Å². The third-order valence-corrected chi connectivity index (χ3v) is 6.11. The first-order chi connectivity index (χ1) is 13.8. The molecule has 1 saturated heterocycles. The molecule has 3 atom stereocenters. The maximum absolute atomic E-state index is 13.4. The number of carbonyl (C=O) groups is 2. The molecular weight excluding hydrogens is 366 g/mol. The summed E-state index contributed by atoms with van der Waals surface area (Å²) in [6, 6.07) is 13.2. The summed E-state index contributed by atoms with van der Waals surface area (Å²) in [4.78, 5) is 26.6. The Morgan fingerprint density at radius 2 is 1.93 bits per heavy atom. The van der Waals surface area contributed by atoms with Gasteiger partial charge in [0.05, 0.1) is 13.0 Å². The zero-order valence-electron chi connectivity index (χ0n) is 17.2. The van der Waals surface area contributed by atoms with E-state index in [1.165, 1.54) is 0 Å². The van der Waals surface area contributed by atoms with Gasteiger partial charge in [0.15, 0.2) is 0 Å². The maximum Gasteiger partial charge on any atom is 0.250 e. The first-order valence-electron chi connectivity index (χ1n) is 10.0. The summed E-state index contributed by atoms with van der Waals surface area (Å²) in [7, 11) is 1.60. The van der Waals surface area contributed by atoms with Crippen molar-refractivity contribution in [3.63, 3.8) is 0 Å². The highest BCUT2D eigenvalue weighted by molar-refractivity contribution is 6.10. The lowest BCUT2D eigenvalue weighted by atomic mass is 9.79. The number of rotatable bonds is 4. The van der Waals surface area contributed by atoms with Crippen molar-refractivity contribution in [3.05, 3.63) is 53.6 Å². The smallest absolute Gasteiger partial charge is 0.250 e. The van der Waals surface area contributed by atoms with E-state index in [4.69, 9.17) is 4.74 Å². The van der Waals surface area contributed by atoms with Crippen molar-refractivity contribution in [2.45, 2.75) is 38.8 Å². The van der Waals surface area contributed by atoms with Crippen LogP contribution in [0, 0.1) is 18.8 Å². The molecule has 0 saturated carbocycles. The zero-order valence-corrected chi connectivity index (χ0v) is 17.2. The first-order valence-corrected chi connectivity index (χ1v) is 10.0. The molecule has 2 heterocycles. The molecule has 6 heteroatoms. The average Bonchev–Trinajstić information content (AvgIpc) is 3.23. The van der Waals surface area contributed by atoms with Gasteiger partial charge in [-0.2, -0.15) is 0 Å². The second-order valence-electron chi connectivity index (χ2n) is 8.31. The molecule has 2 aliphatic heterocycles. The van der Waals surface area contributed by atoms with Crippen molar-refractivity contribution < 1.29 is 14.3 Å². The van der Waals surface area contributed by atoms with Crippen molar-refractivity contribution in [1.29, 1.82) is 0 Å². The third kappa shape index (κ3) is 3.17. The number of benzene rings is 2. The molecule has 0 aromatic heterocycles. The van der Waals surface area contributed by atoms with Gasteiger partial charge in [0.25, 0.3) is 0 Å². The standard InChI is InChI=1S/C23H27N3O3/c1-13(2)20-12-18(21(27)24-15-6-8-16(29-4)9-7-15)23(26-20)17-11-14(3)5-10-19(17)25-22(23)28/h5-11,13,18,20,26H,12H2,1-4H3,(H,24,27)(H,25,28). The highest BCUT2D eigenvalue weighted by Crippen LogP contribution is 2.48. The Labute approximate surface area is 171 Å². The van der Waals surface area contributed by atoms with Gasteiger partial charge in [-0.3, -0.25) is 14.9 Å². The molecule has 1 spiro atoms. The average molecular weight is 393 g/mol. The van der Waals surface area contributed by atoms with Gasteiger partial charge in [0.1, 0.15) is 11.3 Å². The van der Waals surface area contributed by atoms with Crippen LogP contribution < -0.4 is 20.7 Å². The Hall–Kier alpha value is -2.86. The van der Waals surface area contributed by atoms with E-state index in [0.29, 0.717) is 18.0 Å². The van der Waals surface area contributed by atoms with Crippen LogP contribution in [0.4, 0.5) is 11.4 Å². The van der Waals surface area contributed by atoms with Crippen LogP contribution in [0.3, 0.4) is 0 Å². The fourth-order valence-corrected chi connectivity index (χ4v) is 4.45. The van der Waals surface area contributed by atoms with Crippen LogP contribution in [0.15, 0.2) is 42.5 Å². The van der Waals surface area contributed by atoms with E-state index in [0.717, 1.165) is 22.6 Å². The topological polar surface area (TPSA) is 79.5 Å². The zero-order chi connectivity index (χ0) is 20.8. The van der Waals surface area contributed by atoms with Gasteiger partial charge < -0.3 is 15.4 Å². The summed E-state index contributed by atoms with van der Waals surface area (Å²) in [5, 5.41) is 9.52. The summed E-state index contributed by atoms with van der Waals surface area (Å²) in [6.45, 7) is 6.22. The molecule has 2 amide bonds. The Bertz CT molecular complexity index is 954. The van der Waals surface area contributed by atoms with Crippen LogP contribution in [-0.2, 0) is 15.1 Å². The van der Waals surface area contributed by atoms with E-state index in [9.17, 15) is 9.59 Å². The molecule has 4 rings (SSSR count). The Kier molecular flexibility index (Phi) is 4.82. The second kappa shape index (κ2) is 7.19. The molecule has 0 bridgehead atoms. The van der Waals surface area contributed by atoms with Gasteiger partial charge in [-0.1, -0.05) is 31.5 Å². The fourth-order valence-electron chi connectivity index (χ4n) is 4.45. The molecule has 2 aromatic rings. The molecule has 3 N–H and O–H groups in total. The van der Waals surface area contributed by atoms with E-state index in [1.807, 2.05) is 25.1 Å². The monoisotopic (exact) mass is 393 g/mol. The van der Waals surface area contributed by atoms with Gasteiger partial charge in [0.2, 0.25) is 11.8 Å². The molecule has 152 valence electrons. The summed E-state index contributed by atoms with van der Waals surface area (Å²) in [5.74, 6) is 0.195. The largest absolute Gasteiger partial charge is 0.497 e. The number of aryl methyl sites for hydroxylation is 1. The third-order valence-electron chi connectivity index (χ3n) is 6.11. The van der Waals surface area contributed by atoms with Gasteiger partial charge >= 0.3 is 0 Å².